The Bertz CT molecular complexity index is 1460. The fraction of sp³-hybridized carbons (Fsp3) is 0.344. The van der Waals surface area contributed by atoms with Crippen LogP contribution in [-0.4, -0.2) is 46.7 Å². The maximum Gasteiger partial charge on any atom is 0.416 e. The van der Waals surface area contributed by atoms with Crippen LogP contribution in [0.1, 0.15) is 50.4 Å². The minimum atomic E-state index is -0.918. The summed E-state index contributed by atoms with van der Waals surface area (Å²) in [6, 6.07) is 20.4. The van der Waals surface area contributed by atoms with Crippen LogP contribution in [0.25, 0.3) is 0 Å². The third kappa shape index (κ3) is 7.04. The summed E-state index contributed by atoms with van der Waals surface area (Å²) in [7, 11) is 1.58. The number of likely N-dealkylation sites (tertiary alicyclic amines) is 1. The zero-order chi connectivity index (χ0) is 30.4. The lowest BCUT2D eigenvalue weighted by molar-refractivity contribution is -0.146. The molecule has 0 aliphatic carbocycles. The zero-order valence-corrected chi connectivity index (χ0v) is 24.4. The van der Waals surface area contributed by atoms with E-state index in [4.69, 9.17) is 9.47 Å². The third-order valence-electron chi connectivity index (χ3n) is 6.86. The first-order valence-corrected chi connectivity index (χ1v) is 13.7. The topological polar surface area (TPSA) is 125 Å². The lowest BCUT2D eigenvalue weighted by Gasteiger charge is -2.42. The molecule has 3 atom stereocenters. The van der Waals surface area contributed by atoms with Crippen LogP contribution in [0, 0.1) is 17.2 Å². The number of nitriles is 1. The zero-order valence-electron chi connectivity index (χ0n) is 24.4. The van der Waals surface area contributed by atoms with Gasteiger partial charge in [-0.15, -0.1) is 0 Å². The maximum absolute atomic E-state index is 13.2. The highest BCUT2D eigenvalue weighted by molar-refractivity contribution is 6.02. The van der Waals surface area contributed by atoms with E-state index >= 15 is 0 Å². The molecule has 1 fully saturated rings. The van der Waals surface area contributed by atoms with Gasteiger partial charge in [-0.1, -0.05) is 42.5 Å². The number of aromatic nitrogens is 1. The van der Waals surface area contributed by atoms with Crippen molar-refractivity contribution in [2.24, 2.45) is 5.92 Å². The van der Waals surface area contributed by atoms with Gasteiger partial charge in [0.25, 0.3) is 0 Å². The molecule has 1 saturated heterocycles. The van der Waals surface area contributed by atoms with Crippen LogP contribution in [0.4, 0.5) is 15.4 Å². The Balaban J connectivity index is 1.50. The molecule has 0 bridgehead atoms. The molecule has 10 heteroatoms. The maximum atomic E-state index is 13.2. The molecule has 4 rings (SSSR count). The summed E-state index contributed by atoms with van der Waals surface area (Å²) in [5, 5.41) is 12.6. The molecule has 4 amide bonds. The van der Waals surface area contributed by atoms with Crippen molar-refractivity contribution in [2.45, 2.75) is 58.3 Å². The number of methoxy groups -OCH3 is 1. The van der Waals surface area contributed by atoms with Gasteiger partial charge in [-0.05, 0) is 75.1 Å². The molecule has 10 nitrogen and oxygen atoms in total. The number of rotatable bonds is 8. The van der Waals surface area contributed by atoms with E-state index < -0.39 is 35.6 Å². The van der Waals surface area contributed by atoms with Crippen LogP contribution < -0.4 is 15.0 Å². The van der Waals surface area contributed by atoms with Crippen LogP contribution in [0.5, 0.6) is 5.75 Å². The number of β-lactam (4-membered cyclic amide) rings is 1. The second-order valence-corrected chi connectivity index (χ2v) is 11.1. The molecule has 0 spiro atoms. The van der Waals surface area contributed by atoms with Crippen molar-refractivity contribution in [3.63, 3.8) is 0 Å². The lowest BCUT2D eigenvalue weighted by Crippen LogP contribution is -2.65. The van der Waals surface area contributed by atoms with Crippen LogP contribution >= 0.6 is 0 Å². The SMILES string of the molecule is COc1ccc(CN(C(=O)OC(C)(C)C)c2cc(C[C@H]3C(=O)N(C(=O)N[C@H](C)c4ccccc4)C3C#N)ccn2)cc1. The number of nitrogens with zero attached hydrogens (tertiary/aromatic N) is 4. The van der Waals surface area contributed by atoms with Crippen LogP contribution in [0.15, 0.2) is 72.9 Å². The molecule has 3 aromatic rings. The van der Waals surface area contributed by atoms with Gasteiger partial charge >= 0.3 is 12.1 Å². The van der Waals surface area contributed by atoms with Gasteiger partial charge in [0, 0.05) is 6.20 Å². The Labute approximate surface area is 245 Å². The van der Waals surface area contributed by atoms with Gasteiger partial charge in [0.2, 0.25) is 5.91 Å². The Hall–Kier alpha value is -4.91. The molecule has 1 aliphatic rings. The molecule has 0 radical (unpaired) electrons. The molecule has 0 saturated carbocycles. The van der Waals surface area contributed by atoms with Crippen molar-refractivity contribution in [1.82, 2.24) is 15.2 Å². The van der Waals surface area contributed by atoms with Gasteiger partial charge in [0.1, 0.15) is 23.2 Å². The molecule has 1 aromatic heterocycles. The predicted octanol–water partition coefficient (Wildman–Crippen LogP) is 5.40. The predicted molar refractivity (Wildman–Crippen MR) is 156 cm³/mol. The quantitative estimate of drug-likeness (QED) is 0.360. The number of imide groups is 1. The molecule has 2 heterocycles. The van der Waals surface area contributed by atoms with Crippen LogP contribution in [-0.2, 0) is 22.5 Å². The van der Waals surface area contributed by atoms with Crippen LogP contribution in [0.2, 0.25) is 0 Å². The average Bonchev–Trinajstić information content (AvgIpc) is 2.97. The van der Waals surface area contributed by atoms with Gasteiger partial charge < -0.3 is 14.8 Å². The highest BCUT2D eigenvalue weighted by atomic mass is 16.6. The smallest absolute Gasteiger partial charge is 0.416 e. The van der Waals surface area contributed by atoms with Crippen molar-refractivity contribution in [2.75, 3.05) is 12.0 Å². The summed E-state index contributed by atoms with van der Waals surface area (Å²) >= 11 is 0. The number of ether oxygens (including phenoxy) is 2. The molecular formula is C32H35N5O5. The molecule has 1 aliphatic heterocycles. The van der Waals surface area contributed by atoms with E-state index in [1.54, 1.807) is 58.3 Å². The Morgan fingerprint density at radius 2 is 1.79 bits per heavy atom. The minimum Gasteiger partial charge on any atom is -0.497 e. The van der Waals surface area contributed by atoms with Gasteiger partial charge in [-0.3, -0.25) is 9.69 Å². The number of hydrogen-bond donors (Lipinski definition) is 1. The molecule has 2 aromatic carbocycles. The molecule has 1 unspecified atom stereocenters. The van der Waals surface area contributed by atoms with E-state index in [2.05, 4.69) is 16.4 Å². The summed E-state index contributed by atoms with van der Waals surface area (Å²) in [6.07, 6.45) is 1.18. The van der Waals surface area contributed by atoms with E-state index in [0.717, 1.165) is 16.0 Å². The van der Waals surface area contributed by atoms with Gasteiger partial charge in [0.05, 0.1) is 31.7 Å². The number of nitrogens with one attached hydrogen (secondary N) is 1. The van der Waals surface area contributed by atoms with E-state index in [1.165, 1.54) is 4.90 Å². The first-order chi connectivity index (χ1) is 20.0. The Morgan fingerprint density at radius 1 is 1.10 bits per heavy atom. The number of anilines is 1. The Morgan fingerprint density at radius 3 is 2.40 bits per heavy atom. The number of pyridine rings is 1. The monoisotopic (exact) mass is 569 g/mol. The molecule has 218 valence electrons. The van der Waals surface area contributed by atoms with Crippen molar-refractivity contribution < 1.29 is 23.9 Å². The Kier molecular flexibility index (Phi) is 9.11. The summed E-state index contributed by atoms with van der Waals surface area (Å²) in [6.45, 7) is 7.36. The number of carbonyl (C=O) groups is 3. The highest BCUT2D eigenvalue weighted by Gasteiger charge is 2.51. The molecule has 1 N–H and O–H groups in total. The summed E-state index contributed by atoms with van der Waals surface area (Å²) in [5.41, 5.74) is 1.68. The van der Waals surface area contributed by atoms with Crippen LogP contribution in [0.3, 0.4) is 0 Å². The summed E-state index contributed by atoms with van der Waals surface area (Å²) in [4.78, 5) is 46.0. The van der Waals surface area contributed by atoms with Gasteiger partial charge in [0.15, 0.2) is 0 Å². The normalized spacial score (nSPS) is 17.0. The number of amides is 4. The second-order valence-electron chi connectivity index (χ2n) is 11.1. The standard InChI is InChI=1S/C32H35N5O5/c1-21(24-9-7-6-8-10-24)35-30(39)37-27(19-33)26(29(37)38)17-23-15-16-34-28(18-23)36(31(40)42-32(2,3)4)20-22-11-13-25(41-5)14-12-22/h6-16,18,21,26-27H,17,20H2,1-5H3,(H,35,39)/t21-,26-,27?/m1/s1. The minimum absolute atomic E-state index is 0.187. The van der Waals surface area contributed by atoms with E-state index in [1.807, 2.05) is 49.4 Å². The number of benzene rings is 2. The van der Waals surface area contributed by atoms with Gasteiger partial charge in [-0.2, -0.15) is 5.26 Å². The number of urea groups is 1. The highest BCUT2D eigenvalue weighted by Crippen LogP contribution is 2.31. The van der Waals surface area contributed by atoms with Crippen molar-refractivity contribution in [3.05, 3.63) is 89.6 Å². The first-order valence-electron chi connectivity index (χ1n) is 13.7. The van der Waals surface area contributed by atoms with Gasteiger partial charge in [-0.25, -0.2) is 19.5 Å². The third-order valence-corrected chi connectivity index (χ3v) is 6.86. The van der Waals surface area contributed by atoms with Crippen molar-refractivity contribution >= 4 is 23.8 Å². The van der Waals surface area contributed by atoms with E-state index in [0.29, 0.717) is 17.1 Å². The van der Waals surface area contributed by atoms with E-state index in [-0.39, 0.29) is 19.0 Å². The number of carbonyl (C=O) groups excluding carboxylic acids is 3. The first kappa shape index (κ1) is 30.1. The largest absolute Gasteiger partial charge is 0.497 e. The fourth-order valence-electron chi connectivity index (χ4n) is 4.66. The lowest BCUT2D eigenvalue weighted by atomic mass is 9.83. The second kappa shape index (κ2) is 12.7. The van der Waals surface area contributed by atoms with Crippen molar-refractivity contribution in [1.29, 1.82) is 5.26 Å². The fourth-order valence-corrected chi connectivity index (χ4v) is 4.66. The van der Waals surface area contributed by atoms with Crippen molar-refractivity contribution in [3.8, 4) is 11.8 Å². The molecular weight excluding hydrogens is 534 g/mol. The molecule has 42 heavy (non-hydrogen) atoms. The van der Waals surface area contributed by atoms with E-state index in [9.17, 15) is 19.6 Å². The summed E-state index contributed by atoms with van der Waals surface area (Å²) in [5.74, 6) is -0.110. The average molecular weight is 570 g/mol. The summed E-state index contributed by atoms with van der Waals surface area (Å²) < 4.78 is 10.9. The number of hydrogen-bond acceptors (Lipinski definition) is 7.